The highest BCUT2D eigenvalue weighted by atomic mass is 16.5. The summed E-state index contributed by atoms with van der Waals surface area (Å²) >= 11 is 0. The van der Waals surface area contributed by atoms with Gasteiger partial charge in [-0.1, -0.05) is 60.7 Å². The zero-order valence-electron chi connectivity index (χ0n) is 17.1. The molecule has 0 aromatic heterocycles. The minimum atomic E-state index is -0.913. The van der Waals surface area contributed by atoms with Gasteiger partial charge in [0.05, 0.1) is 14.2 Å². The monoisotopic (exact) mass is 390 g/mol. The molecule has 0 amide bonds. The number of esters is 2. The molecule has 0 bridgehead atoms. The summed E-state index contributed by atoms with van der Waals surface area (Å²) < 4.78 is 9.60. The van der Waals surface area contributed by atoms with Crippen LogP contribution in [0.15, 0.2) is 60.7 Å². The van der Waals surface area contributed by atoms with Crippen molar-refractivity contribution in [3.63, 3.8) is 0 Å². The maximum absolute atomic E-state index is 12.1. The third-order valence-electron chi connectivity index (χ3n) is 5.47. The number of rotatable bonds is 7. The lowest BCUT2D eigenvalue weighted by Gasteiger charge is -2.13. The lowest BCUT2D eigenvalue weighted by Crippen LogP contribution is -2.27. The van der Waals surface area contributed by atoms with E-state index in [2.05, 4.69) is 31.2 Å². The van der Waals surface area contributed by atoms with Gasteiger partial charge >= 0.3 is 11.9 Å². The first kappa shape index (κ1) is 20.6. The summed E-state index contributed by atoms with van der Waals surface area (Å²) in [6.45, 7) is 2.12. The number of carbonyl (C=O) groups excluding carboxylic acids is 2. The summed E-state index contributed by atoms with van der Waals surface area (Å²) in [6, 6.07) is 20.7. The Hall–Kier alpha value is -3.14. The molecule has 0 saturated heterocycles. The smallest absolute Gasteiger partial charge is 0.320 e. The molecule has 0 N–H and O–H groups in total. The van der Waals surface area contributed by atoms with E-state index in [9.17, 15) is 9.59 Å². The predicted octanol–water partition coefficient (Wildman–Crippen LogP) is 4.59. The van der Waals surface area contributed by atoms with Crippen LogP contribution >= 0.6 is 0 Å². The minimum absolute atomic E-state index is 0.350. The molecule has 29 heavy (non-hydrogen) atoms. The first-order valence-electron chi connectivity index (χ1n) is 9.75. The van der Waals surface area contributed by atoms with Crippen LogP contribution in [0.5, 0.6) is 0 Å². The fourth-order valence-electron chi connectivity index (χ4n) is 3.91. The summed E-state index contributed by atoms with van der Waals surface area (Å²) in [5, 5.41) is 0. The molecule has 150 valence electrons. The van der Waals surface area contributed by atoms with Crippen LogP contribution < -0.4 is 0 Å². The molecule has 2 aliphatic rings. The molecule has 4 nitrogen and oxygen atoms in total. The quantitative estimate of drug-likeness (QED) is 0.437. The van der Waals surface area contributed by atoms with Crippen LogP contribution in [0.25, 0.3) is 11.1 Å². The van der Waals surface area contributed by atoms with E-state index in [0.29, 0.717) is 12.8 Å². The summed E-state index contributed by atoms with van der Waals surface area (Å²) in [7, 11) is 2.58. The van der Waals surface area contributed by atoms with Gasteiger partial charge in [-0.2, -0.15) is 0 Å². The maximum atomic E-state index is 12.1. The van der Waals surface area contributed by atoms with Gasteiger partial charge < -0.3 is 9.47 Å². The Morgan fingerprint density at radius 2 is 1.31 bits per heavy atom. The third-order valence-corrected chi connectivity index (χ3v) is 5.47. The summed E-state index contributed by atoms with van der Waals surface area (Å²) in [5.74, 6) is -2.02. The highest BCUT2D eigenvalue weighted by Gasteiger charge is 2.29. The average molecular weight is 390 g/mol. The molecule has 0 radical (unpaired) electrons. The summed E-state index contributed by atoms with van der Waals surface area (Å²) in [5.41, 5.74) is 7.28. The van der Waals surface area contributed by atoms with Gasteiger partial charge in [-0.05, 0) is 59.6 Å². The van der Waals surface area contributed by atoms with E-state index >= 15 is 0 Å². The van der Waals surface area contributed by atoms with E-state index in [1.807, 2.05) is 36.4 Å². The van der Waals surface area contributed by atoms with Crippen molar-refractivity contribution in [2.24, 2.45) is 5.92 Å². The van der Waals surface area contributed by atoms with Crippen LogP contribution in [0.3, 0.4) is 0 Å². The fourth-order valence-corrected chi connectivity index (χ4v) is 3.91. The highest BCUT2D eigenvalue weighted by Crippen LogP contribution is 2.38. The molecular formula is C25H26O4. The number of hydrogen-bond acceptors (Lipinski definition) is 4. The van der Waals surface area contributed by atoms with E-state index in [4.69, 9.17) is 9.47 Å². The molecule has 0 fully saturated rings. The molecule has 0 aliphatic heterocycles. The minimum Gasteiger partial charge on any atom is -0.468 e. The Bertz CT molecular complexity index is 946. The Morgan fingerprint density at radius 3 is 1.86 bits per heavy atom. The molecule has 1 aromatic rings. The Balaban J connectivity index is 1.96. The lowest BCUT2D eigenvalue weighted by molar-refractivity contribution is -0.159. The van der Waals surface area contributed by atoms with Crippen molar-refractivity contribution in [1.29, 1.82) is 0 Å². The first-order chi connectivity index (χ1) is 14.1. The number of hydrogen-bond donors (Lipinski definition) is 0. The van der Waals surface area contributed by atoms with Gasteiger partial charge in [0, 0.05) is 0 Å². The number of fused-ring (bicyclic) bond motifs is 1. The SMILES string of the molecule is COC(=O)C(CCc1c2cccccc-2c(Cc2ccccc2)c1C)C(=O)OC. The highest BCUT2D eigenvalue weighted by molar-refractivity contribution is 5.94. The van der Waals surface area contributed by atoms with Crippen molar-refractivity contribution in [3.05, 3.63) is 82.9 Å². The molecule has 0 unspecified atom stereocenters. The summed E-state index contributed by atoms with van der Waals surface area (Å²) in [6.07, 6.45) is 1.78. The zero-order valence-corrected chi connectivity index (χ0v) is 17.1. The fraction of sp³-hybridized carbons (Fsp3) is 0.280. The zero-order chi connectivity index (χ0) is 20.8. The van der Waals surface area contributed by atoms with Crippen molar-refractivity contribution < 1.29 is 19.1 Å². The lowest BCUT2D eigenvalue weighted by atomic mass is 9.96. The Morgan fingerprint density at radius 1 is 0.793 bits per heavy atom. The summed E-state index contributed by atoms with van der Waals surface area (Å²) in [4.78, 5) is 24.1. The molecule has 3 rings (SSSR count). The first-order valence-corrected chi connectivity index (χ1v) is 9.75. The molecule has 0 saturated carbocycles. The van der Waals surface area contributed by atoms with E-state index < -0.39 is 17.9 Å². The van der Waals surface area contributed by atoms with Crippen LogP contribution in [0.1, 0.15) is 28.7 Å². The second-order valence-electron chi connectivity index (χ2n) is 7.12. The molecule has 2 aliphatic carbocycles. The van der Waals surface area contributed by atoms with E-state index in [1.54, 1.807) is 0 Å². The maximum Gasteiger partial charge on any atom is 0.320 e. The van der Waals surface area contributed by atoms with Crippen LogP contribution in [0.2, 0.25) is 0 Å². The predicted molar refractivity (Wildman–Crippen MR) is 113 cm³/mol. The Kier molecular flexibility index (Phi) is 6.65. The average Bonchev–Trinajstić information content (AvgIpc) is 2.90. The number of benzene rings is 1. The Labute approximate surface area is 171 Å². The topological polar surface area (TPSA) is 52.6 Å². The van der Waals surface area contributed by atoms with Gasteiger partial charge in [0.25, 0.3) is 0 Å². The van der Waals surface area contributed by atoms with E-state index in [0.717, 1.165) is 12.0 Å². The van der Waals surface area contributed by atoms with Crippen molar-refractivity contribution in [2.75, 3.05) is 14.2 Å². The third kappa shape index (κ3) is 4.48. The standard InChI is InChI=1S/C25H26O4/c1-17-19(14-15-22(24(26)28-2)25(27)29-3)20-12-8-5-9-13-21(20)23(17)16-18-10-6-4-7-11-18/h4-13,22H,14-16H2,1-3H3. The molecule has 4 heteroatoms. The van der Waals surface area contributed by atoms with Gasteiger partial charge in [-0.15, -0.1) is 0 Å². The van der Waals surface area contributed by atoms with E-state index in [-0.39, 0.29) is 0 Å². The largest absolute Gasteiger partial charge is 0.468 e. The van der Waals surface area contributed by atoms with Crippen molar-refractivity contribution in [3.8, 4) is 11.1 Å². The van der Waals surface area contributed by atoms with Gasteiger partial charge in [0.1, 0.15) is 0 Å². The number of carbonyl (C=O) groups is 2. The van der Waals surface area contributed by atoms with Gasteiger partial charge in [0.15, 0.2) is 5.92 Å². The van der Waals surface area contributed by atoms with Crippen molar-refractivity contribution in [1.82, 2.24) is 0 Å². The van der Waals surface area contributed by atoms with Gasteiger partial charge in [0.2, 0.25) is 0 Å². The van der Waals surface area contributed by atoms with Gasteiger partial charge in [-0.3, -0.25) is 9.59 Å². The van der Waals surface area contributed by atoms with Crippen LogP contribution in [-0.2, 0) is 31.9 Å². The molecule has 0 spiro atoms. The normalized spacial score (nSPS) is 10.9. The molecule has 0 heterocycles. The van der Waals surface area contributed by atoms with Crippen molar-refractivity contribution in [2.45, 2.75) is 26.2 Å². The van der Waals surface area contributed by atoms with Gasteiger partial charge in [-0.25, -0.2) is 0 Å². The molecule has 1 aromatic carbocycles. The van der Waals surface area contributed by atoms with Crippen molar-refractivity contribution >= 4 is 11.9 Å². The van der Waals surface area contributed by atoms with E-state index in [1.165, 1.54) is 42.0 Å². The second-order valence-corrected chi connectivity index (χ2v) is 7.12. The number of methoxy groups -OCH3 is 2. The number of ether oxygens (including phenoxy) is 2. The van der Waals surface area contributed by atoms with Crippen LogP contribution in [0, 0.1) is 12.8 Å². The molecular weight excluding hydrogens is 364 g/mol. The van der Waals surface area contributed by atoms with Crippen LogP contribution in [0.4, 0.5) is 0 Å². The van der Waals surface area contributed by atoms with Crippen LogP contribution in [-0.4, -0.2) is 26.2 Å². The second kappa shape index (κ2) is 9.37. The molecule has 0 atom stereocenters.